The minimum atomic E-state index is 0.540. The molecule has 0 atom stereocenters. The molecule has 0 bridgehead atoms. The average Bonchev–Trinajstić information content (AvgIpc) is 3.99. The van der Waals surface area contributed by atoms with Gasteiger partial charge in [0.1, 0.15) is 11.1 Å². The van der Waals surface area contributed by atoms with E-state index >= 15 is 0 Å². The van der Waals surface area contributed by atoms with E-state index in [2.05, 4.69) is 205 Å². The molecule has 0 aliphatic carbocycles. The van der Waals surface area contributed by atoms with Gasteiger partial charge in [-0.05, 0) is 104 Å². The largest absolute Gasteiger partial charge is 0.454 e. The van der Waals surface area contributed by atoms with Crippen LogP contribution in [0.25, 0.3) is 139 Å². The van der Waals surface area contributed by atoms with Crippen LogP contribution in [-0.4, -0.2) is 24.5 Å². The maximum absolute atomic E-state index is 6.32. The van der Waals surface area contributed by atoms with Gasteiger partial charge in [0.05, 0.1) is 22.1 Å². The molecule has 4 heterocycles. The molecule has 70 heavy (non-hydrogen) atoms. The Morgan fingerprint density at radius 2 is 0.900 bits per heavy atom. The first-order valence-electron chi connectivity index (χ1n) is 23.5. The van der Waals surface area contributed by atoms with E-state index in [1.807, 2.05) is 30.3 Å². The van der Waals surface area contributed by atoms with Crippen molar-refractivity contribution >= 4 is 65.4 Å². The lowest BCUT2D eigenvalue weighted by Gasteiger charge is -2.15. The Hall–Kier alpha value is -9.52. The third-order valence-corrected chi connectivity index (χ3v) is 13.7. The van der Waals surface area contributed by atoms with Crippen LogP contribution in [0.3, 0.4) is 0 Å². The Morgan fingerprint density at radius 3 is 1.70 bits per heavy atom. The number of aromatic nitrogens is 5. The molecule has 6 heteroatoms. The molecule has 0 fully saturated rings. The second kappa shape index (κ2) is 16.1. The number of pyridine rings is 1. The molecule has 326 valence electrons. The molecule has 0 saturated carbocycles. The Kier molecular flexibility index (Phi) is 9.10. The highest BCUT2D eigenvalue weighted by Crippen LogP contribution is 2.43. The summed E-state index contributed by atoms with van der Waals surface area (Å²) in [6.45, 7) is 0. The first-order chi connectivity index (χ1) is 34.7. The summed E-state index contributed by atoms with van der Waals surface area (Å²) in [7, 11) is 0. The first kappa shape index (κ1) is 39.6. The highest BCUT2D eigenvalue weighted by atomic mass is 16.3. The molecule has 0 radical (unpaired) electrons. The predicted octanol–water partition coefficient (Wildman–Crippen LogP) is 16.6. The van der Waals surface area contributed by atoms with Crippen LogP contribution in [0, 0.1) is 0 Å². The lowest BCUT2D eigenvalue weighted by Crippen LogP contribution is -2.02. The monoisotopic (exact) mass is 893 g/mol. The van der Waals surface area contributed by atoms with Crippen molar-refractivity contribution in [2.75, 3.05) is 0 Å². The van der Waals surface area contributed by atoms with E-state index in [-0.39, 0.29) is 0 Å². The van der Waals surface area contributed by atoms with E-state index in [0.29, 0.717) is 23.1 Å². The number of hydrogen-bond donors (Lipinski definition) is 0. The molecule has 0 aliphatic heterocycles. The van der Waals surface area contributed by atoms with Gasteiger partial charge in [-0.1, -0.05) is 176 Å². The van der Waals surface area contributed by atoms with Crippen molar-refractivity contribution in [3.8, 4) is 73.2 Å². The van der Waals surface area contributed by atoms with Gasteiger partial charge in [-0.15, -0.1) is 0 Å². The first-order valence-corrected chi connectivity index (χ1v) is 23.5. The van der Waals surface area contributed by atoms with Gasteiger partial charge in [0.15, 0.2) is 23.1 Å². The van der Waals surface area contributed by atoms with Crippen LogP contribution < -0.4 is 0 Å². The molecular formula is C64H39N5O. The van der Waals surface area contributed by atoms with Gasteiger partial charge in [0.2, 0.25) is 0 Å². The molecular weight excluding hydrogens is 855 g/mol. The molecule has 6 nitrogen and oxygen atoms in total. The zero-order valence-electron chi connectivity index (χ0n) is 37.7. The molecule has 10 aromatic carbocycles. The van der Waals surface area contributed by atoms with Gasteiger partial charge in [0.25, 0.3) is 0 Å². The van der Waals surface area contributed by atoms with Gasteiger partial charge >= 0.3 is 0 Å². The Labute approximate surface area is 402 Å². The molecule has 0 amide bonds. The van der Waals surface area contributed by atoms with Crippen molar-refractivity contribution in [3.05, 3.63) is 237 Å². The number of hydrogen-bond acceptors (Lipinski definition) is 5. The maximum Gasteiger partial charge on any atom is 0.164 e. The standard InChI is InChI=1S/C64H39N5O/c1-3-14-40(15-4-1)42-27-29-43(30-28-42)48-21-11-24-56-59(48)52-20-9-10-23-54(52)69(56)55-36-35-51(49-18-7-8-19-50(49)55)63-66-62(47-34-33-45-38-44(31-32-46(45)39-47)41-16-5-2-6-17-41)67-64(68-63)53-22-12-25-57-60(53)61-58(70-57)26-13-37-65-61/h1-39H. The number of nitrogens with zero attached hydrogens (tertiary/aromatic N) is 5. The summed E-state index contributed by atoms with van der Waals surface area (Å²) < 4.78 is 8.73. The second-order valence-corrected chi connectivity index (χ2v) is 17.8. The van der Waals surface area contributed by atoms with Gasteiger partial charge < -0.3 is 8.98 Å². The van der Waals surface area contributed by atoms with Crippen molar-refractivity contribution in [2.24, 2.45) is 0 Å². The Morgan fingerprint density at radius 1 is 0.329 bits per heavy atom. The minimum absolute atomic E-state index is 0.540. The summed E-state index contributed by atoms with van der Waals surface area (Å²) in [5, 5.41) is 7.63. The van der Waals surface area contributed by atoms with E-state index in [1.165, 1.54) is 44.2 Å². The fourth-order valence-electron chi connectivity index (χ4n) is 10.4. The van der Waals surface area contributed by atoms with Crippen LogP contribution in [0.1, 0.15) is 0 Å². The molecule has 14 aromatic rings. The summed E-state index contributed by atoms with van der Waals surface area (Å²) in [5.74, 6) is 1.69. The number of furan rings is 1. The van der Waals surface area contributed by atoms with E-state index < -0.39 is 0 Å². The van der Waals surface area contributed by atoms with Crippen LogP contribution in [-0.2, 0) is 0 Å². The zero-order chi connectivity index (χ0) is 46.1. The maximum atomic E-state index is 6.32. The van der Waals surface area contributed by atoms with Crippen LogP contribution in [0.15, 0.2) is 241 Å². The van der Waals surface area contributed by atoms with Gasteiger partial charge in [-0.3, -0.25) is 4.98 Å². The molecule has 4 aromatic heterocycles. The second-order valence-electron chi connectivity index (χ2n) is 17.8. The van der Waals surface area contributed by atoms with Gasteiger partial charge in [-0.2, -0.15) is 0 Å². The van der Waals surface area contributed by atoms with Crippen molar-refractivity contribution in [1.82, 2.24) is 24.5 Å². The summed E-state index contributed by atoms with van der Waals surface area (Å²) in [5.41, 5.74) is 15.3. The van der Waals surface area contributed by atoms with Gasteiger partial charge in [-0.25, -0.2) is 15.0 Å². The topological polar surface area (TPSA) is 69.6 Å². The van der Waals surface area contributed by atoms with Crippen LogP contribution in [0.4, 0.5) is 0 Å². The lowest BCUT2D eigenvalue weighted by atomic mass is 9.97. The summed E-state index contributed by atoms with van der Waals surface area (Å²) >= 11 is 0. The van der Waals surface area contributed by atoms with E-state index in [4.69, 9.17) is 24.4 Å². The third-order valence-electron chi connectivity index (χ3n) is 13.7. The molecule has 0 N–H and O–H groups in total. The number of para-hydroxylation sites is 1. The molecule has 0 unspecified atom stereocenters. The smallest absolute Gasteiger partial charge is 0.164 e. The Balaban J connectivity index is 0.952. The number of fused-ring (bicyclic) bond motifs is 8. The SMILES string of the molecule is c1ccc(-c2ccc(-c3cccc4c3c3ccccc3n4-c3ccc(-c4nc(-c5ccc6cc(-c7ccccc7)ccc6c5)nc(-c5cccc6oc7cccnc7c56)n4)c4ccccc34)cc2)cc1. The van der Waals surface area contributed by atoms with Crippen molar-refractivity contribution in [1.29, 1.82) is 0 Å². The van der Waals surface area contributed by atoms with Crippen molar-refractivity contribution in [3.63, 3.8) is 0 Å². The van der Waals surface area contributed by atoms with Crippen LogP contribution in [0.2, 0.25) is 0 Å². The summed E-state index contributed by atoms with van der Waals surface area (Å²) in [6, 6.07) is 81.3. The lowest BCUT2D eigenvalue weighted by molar-refractivity contribution is 0.668. The molecule has 0 saturated heterocycles. The van der Waals surface area contributed by atoms with Crippen molar-refractivity contribution < 1.29 is 4.42 Å². The van der Waals surface area contributed by atoms with Gasteiger partial charge in [0, 0.05) is 39.0 Å². The van der Waals surface area contributed by atoms with Crippen LogP contribution >= 0.6 is 0 Å². The predicted molar refractivity (Wildman–Crippen MR) is 287 cm³/mol. The highest BCUT2D eigenvalue weighted by molar-refractivity contribution is 6.17. The Bertz CT molecular complexity index is 4350. The fourth-order valence-corrected chi connectivity index (χ4v) is 10.4. The molecule has 14 rings (SSSR count). The number of benzene rings is 10. The summed E-state index contributed by atoms with van der Waals surface area (Å²) in [6.07, 6.45) is 1.80. The average molecular weight is 894 g/mol. The van der Waals surface area contributed by atoms with E-state index in [9.17, 15) is 0 Å². The van der Waals surface area contributed by atoms with Crippen molar-refractivity contribution in [2.45, 2.75) is 0 Å². The highest BCUT2D eigenvalue weighted by Gasteiger charge is 2.22. The third kappa shape index (κ3) is 6.49. The fraction of sp³-hybridized carbons (Fsp3) is 0. The van der Waals surface area contributed by atoms with E-state index in [0.717, 1.165) is 71.4 Å². The normalized spacial score (nSPS) is 11.7. The minimum Gasteiger partial charge on any atom is -0.454 e. The van der Waals surface area contributed by atoms with Crippen LogP contribution in [0.5, 0.6) is 0 Å². The van der Waals surface area contributed by atoms with E-state index in [1.54, 1.807) is 6.20 Å². The zero-order valence-corrected chi connectivity index (χ0v) is 37.7. The molecule has 0 spiro atoms. The number of rotatable bonds is 7. The molecule has 0 aliphatic rings. The quantitative estimate of drug-likeness (QED) is 0.159. The summed E-state index contributed by atoms with van der Waals surface area (Å²) in [4.78, 5) is 20.7.